The number of rotatable bonds is 2. The number of methoxy groups -OCH3 is 1. The summed E-state index contributed by atoms with van der Waals surface area (Å²) in [4.78, 5) is 14.3. The van der Waals surface area contributed by atoms with Crippen molar-refractivity contribution in [1.82, 2.24) is 4.90 Å². The van der Waals surface area contributed by atoms with E-state index in [1.54, 1.807) is 7.11 Å². The number of aryl methyl sites for hydroxylation is 1. The van der Waals surface area contributed by atoms with Gasteiger partial charge in [-0.05, 0) is 43.0 Å². The number of ether oxygens (including phenoxy) is 1. The second-order valence-electron chi connectivity index (χ2n) is 5.30. The van der Waals surface area contributed by atoms with E-state index in [9.17, 15) is 4.79 Å². The third-order valence-electron chi connectivity index (χ3n) is 4.06. The number of benzene rings is 1. The summed E-state index contributed by atoms with van der Waals surface area (Å²) in [5, 5.41) is 3.37. The molecule has 19 heavy (non-hydrogen) atoms. The zero-order valence-corrected chi connectivity index (χ0v) is 11.3. The number of anilines is 1. The Morgan fingerprint density at radius 3 is 3.16 bits per heavy atom. The fourth-order valence-corrected chi connectivity index (χ4v) is 2.90. The molecule has 1 unspecified atom stereocenters. The summed E-state index contributed by atoms with van der Waals surface area (Å²) in [7, 11) is 1.71. The molecule has 3 rings (SSSR count). The van der Waals surface area contributed by atoms with Crippen molar-refractivity contribution >= 4 is 11.6 Å². The molecule has 1 fully saturated rings. The number of carbonyl (C=O) groups is 1. The Balaban J connectivity index is 1.77. The Hall–Kier alpha value is -1.55. The van der Waals surface area contributed by atoms with Crippen LogP contribution in [0.2, 0.25) is 0 Å². The van der Waals surface area contributed by atoms with Crippen molar-refractivity contribution in [3.8, 4) is 0 Å². The summed E-state index contributed by atoms with van der Waals surface area (Å²) < 4.78 is 5.31. The van der Waals surface area contributed by atoms with Gasteiger partial charge in [0.2, 0.25) is 0 Å². The second kappa shape index (κ2) is 5.21. The lowest BCUT2D eigenvalue weighted by Gasteiger charge is -2.20. The second-order valence-corrected chi connectivity index (χ2v) is 5.30. The van der Waals surface area contributed by atoms with Crippen molar-refractivity contribution < 1.29 is 9.53 Å². The summed E-state index contributed by atoms with van der Waals surface area (Å²) in [6.07, 6.45) is 3.34. The molecule has 1 amide bonds. The number of hydrogen-bond acceptors (Lipinski definition) is 3. The van der Waals surface area contributed by atoms with Crippen LogP contribution in [0.4, 0.5) is 5.69 Å². The zero-order valence-electron chi connectivity index (χ0n) is 11.3. The van der Waals surface area contributed by atoms with E-state index < -0.39 is 0 Å². The number of fused-ring (bicyclic) bond motifs is 1. The minimum atomic E-state index is 0.132. The minimum absolute atomic E-state index is 0.132. The number of hydrogen-bond donors (Lipinski definition) is 1. The van der Waals surface area contributed by atoms with Gasteiger partial charge in [0, 0.05) is 38.0 Å². The van der Waals surface area contributed by atoms with Crippen molar-refractivity contribution in [2.24, 2.45) is 0 Å². The van der Waals surface area contributed by atoms with Crippen molar-refractivity contribution in [2.45, 2.75) is 25.4 Å². The standard InChI is InChI=1S/C15H20N2O2/c1-19-13-6-8-17(10-13)15(18)12-4-5-14-11(9-12)3-2-7-16-14/h4-5,9,13,16H,2-3,6-8,10H2,1H3. The molecular weight excluding hydrogens is 240 g/mol. The monoisotopic (exact) mass is 260 g/mol. The summed E-state index contributed by atoms with van der Waals surface area (Å²) in [6, 6.07) is 6.01. The van der Waals surface area contributed by atoms with E-state index in [1.807, 2.05) is 23.1 Å². The first kappa shape index (κ1) is 12.5. The van der Waals surface area contributed by atoms with Crippen LogP contribution in [0.1, 0.15) is 28.8 Å². The van der Waals surface area contributed by atoms with Crippen LogP contribution in [0.25, 0.3) is 0 Å². The lowest BCUT2D eigenvalue weighted by Crippen LogP contribution is -2.30. The summed E-state index contributed by atoms with van der Waals surface area (Å²) >= 11 is 0. The molecule has 4 heteroatoms. The van der Waals surface area contributed by atoms with Crippen molar-refractivity contribution in [3.63, 3.8) is 0 Å². The number of nitrogens with zero attached hydrogens (tertiary/aromatic N) is 1. The van der Waals surface area contributed by atoms with Crippen LogP contribution in [0.15, 0.2) is 18.2 Å². The smallest absolute Gasteiger partial charge is 0.253 e. The molecule has 0 spiro atoms. The van der Waals surface area contributed by atoms with E-state index in [2.05, 4.69) is 5.32 Å². The van der Waals surface area contributed by atoms with Crippen LogP contribution in [0, 0.1) is 0 Å². The third-order valence-corrected chi connectivity index (χ3v) is 4.06. The van der Waals surface area contributed by atoms with E-state index >= 15 is 0 Å². The molecule has 0 radical (unpaired) electrons. The Morgan fingerprint density at radius 2 is 2.37 bits per heavy atom. The van der Waals surface area contributed by atoms with Gasteiger partial charge >= 0.3 is 0 Å². The van der Waals surface area contributed by atoms with Crippen LogP contribution >= 0.6 is 0 Å². The predicted molar refractivity (Wildman–Crippen MR) is 74.6 cm³/mol. The van der Waals surface area contributed by atoms with Gasteiger partial charge in [0.15, 0.2) is 0 Å². The Labute approximate surface area is 113 Å². The number of amides is 1. The molecule has 0 aromatic heterocycles. The maximum Gasteiger partial charge on any atom is 0.253 e. The molecule has 1 N–H and O–H groups in total. The van der Waals surface area contributed by atoms with Gasteiger partial charge < -0.3 is 15.0 Å². The molecule has 0 bridgehead atoms. The molecule has 2 heterocycles. The molecule has 2 aliphatic rings. The van der Waals surface area contributed by atoms with Gasteiger partial charge in [-0.2, -0.15) is 0 Å². The zero-order chi connectivity index (χ0) is 13.2. The maximum atomic E-state index is 12.4. The average Bonchev–Trinajstić information content (AvgIpc) is 2.95. The van der Waals surface area contributed by atoms with Crippen LogP contribution < -0.4 is 5.32 Å². The molecule has 1 saturated heterocycles. The third kappa shape index (κ3) is 2.45. The number of likely N-dealkylation sites (tertiary alicyclic amines) is 1. The molecule has 0 saturated carbocycles. The molecule has 2 aliphatic heterocycles. The topological polar surface area (TPSA) is 41.6 Å². The Morgan fingerprint density at radius 1 is 1.47 bits per heavy atom. The Kier molecular flexibility index (Phi) is 3.42. The molecular formula is C15H20N2O2. The van der Waals surface area contributed by atoms with Crippen molar-refractivity contribution in [2.75, 3.05) is 32.1 Å². The van der Waals surface area contributed by atoms with E-state index in [4.69, 9.17) is 4.74 Å². The number of nitrogens with one attached hydrogen (secondary N) is 1. The SMILES string of the molecule is COC1CCN(C(=O)c2ccc3c(c2)CCCN3)C1. The largest absolute Gasteiger partial charge is 0.385 e. The Bertz CT molecular complexity index is 487. The van der Waals surface area contributed by atoms with Crippen LogP contribution in [0.3, 0.4) is 0 Å². The van der Waals surface area contributed by atoms with Crippen LogP contribution in [0.5, 0.6) is 0 Å². The predicted octanol–water partition coefficient (Wildman–Crippen LogP) is 1.91. The molecule has 0 aliphatic carbocycles. The van der Waals surface area contributed by atoms with E-state index in [0.717, 1.165) is 37.9 Å². The molecule has 4 nitrogen and oxygen atoms in total. The van der Waals surface area contributed by atoms with E-state index in [1.165, 1.54) is 11.3 Å². The summed E-state index contributed by atoms with van der Waals surface area (Å²) in [5.41, 5.74) is 3.25. The highest BCUT2D eigenvalue weighted by Crippen LogP contribution is 2.24. The fraction of sp³-hybridized carbons (Fsp3) is 0.533. The van der Waals surface area contributed by atoms with E-state index in [0.29, 0.717) is 6.54 Å². The van der Waals surface area contributed by atoms with Gasteiger partial charge in [0.05, 0.1) is 6.10 Å². The minimum Gasteiger partial charge on any atom is -0.385 e. The van der Waals surface area contributed by atoms with E-state index in [-0.39, 0.29) is 12.0 Å². The molecule has 1 aromatic rings. The molecule has 1 aromatic carbocycles. The quantitative estimate of drug-likeness (QED) is 0.883. The van der Waals surface area contributed by atoms with Gasteiger partial charge in [-0.15, -0.1) is 0 Å². The highest BCUT2D eigenvalue weighted by molar-refractivity contribution is 5.95. The van der Waals surface area contributed by atoms with Gasteiger partial charge in [-0.3, -0.25) is 4.79 Å². The normalized spacial score (nSPS) is 21.9. The van der Waals surface area contributed by atoms with Gasteiger partial charge in [0.1, 0.15) is 0 Å². The van der Waals surface area contributed by atoms with Gasteiger partial charge in [0.25, 0.3) is 5.91 Å². The lowest BCUT2D eigenvalue weighted by atomic mass is 10.0. The van der Waals surface area contributed by atoms with Crippen LogP contribution in [-0.4, -0.2) is 43.7 Å². The van der Waals surface area contributed by atoms with Gasteiger partial charge in [-0.25, -0.2) is 0 Å². The first-order valence-electron chi connectivity index (χ1n) is 6.97. The molecule has 1 atom stereocenters. The van der Waals surface area contributed by atoms with Gasteiger partial charge in [-0.1, -0.05) is 0 Å². The fourth-order valence-electron chi connectivity index (χ4n) is 2.90. The number of carbonyl (C=O) groups excluding carboxylic acids is 1. The average molecular weight is 260 g/mol. The first-order valence-corrected chi connectivity index (χ1v) is 6.97. The molecule has 102 valence electrons. The van der Waals surface area contributed by atoms with Crippen molar-refractivity contribution in [3.05, 3.63) is 29.3 Å². The summed E-state index contributed by atoms with van der Waals surface area (Å²) in [5.74, 6) is 0.132. The first-order chi connectivity index (χ1) is 9.28. The highest BCUT2D eigenvalue weighted by Gasteiger charge is 2.27. The summed E-state index contributed by atoms with van der Waals surface area (Å²) in [6.45, 7) is 2.54. The van der Waals surface area contributed by atoms with Crippen molar-refractivity contribution in [1.29, 1.82) is 0 Å². The van der Waals surface area contributed by atoms with Crippen LogP contribution in [-0.2, 0) is 11.2 Å². The lowest BCUT2D eigenvalue weighted by molar-refractivity contribution is 0.0724. The maximum absolute atomic E-state index is 12.4. The highest BCUT2D eigenvalue weighted by atomic mass is 16.5.